The van der Waals surface area contributed by atoms with E-state index in [1.165, 1.54) is 0 Å². The van der Waals surface area contributed by atoms with Crippen LogP contribution in [-0.2, 0) is 0 Å². The summed E-state index contributed by atoms with van der Waals surface area (Å²) < 4.78 is 0. The smallest absolute Gasteiger partial charge is 0.152 e. The van der Waals surface area contributed by atoms with Crippen LogP contribution in [0.15, 0.2) is 28.2 Å². The van der Waals surface area contributed by atoms with Gasteiger partial charge in [0, 0.05) is 17.1 Å². The number of hydrogen-bond donors (Lipinski definition) is 5. The van der Waals surface area contributed by atoms with Crippen molar-refractivity contribution in [2.24, 2.45) is 21.8 Å². The molecule has 1 aliphatic heterocycles. The van der Waals surface area contributed by atoms with Gasteiger partial charge in [-0.15, -0.1) is 0 Å². The van der Waals surface area contributed by atoms with E-state index in [0.29, 0.717) is 55.8 Å². The van der Waals surface area contributed by atoms with Gasteiger partial charge < -0.3 is 27.4 Å². The number of aromatic hydroxyl groups is 2. The lowest BCUT2D eigenvalue weighted by molar-refractivity contribution is 0.296. The minimum atomic E-state index is -0.621. The van der Waals surface area contributed by atoms with Crippen molar-refractivity contribution in [3.8, 4) is 11.5 Å². The molecular formula is C23H29N5O2. The SMILES string of the molecule is CC(C)CC1(CC(C)C)N=c2cc(N)c3c(O)c4c(N)ccc(N)c4c(O)c3c2=N1. The summed E-state index contributed by atoms with van der Waals surface area (Å²) in [6, 6.07) is 4.93. The molecule has 0 saturated heterocycles. The first-order chi connectivity index (χ1) is 14.0. The normalized spacial score (nSPS) is 15.0. The summed E-state index contributed by atoms with van der Waals surface area (Å²) in [5.41, 5.74) is 18.9. The van der Waals surface area contributed by atoms with Crippen LogP contribution in [0.4, 0.5) is 17.1 Å². The maximum atomic E-state index is 11.3. The van der Waals surface area contributed by atoms with E-state index >= 15 is 0 Å². The lowest BCUT2D eigenvalue weighted by Crippen LogP contribution is -2.27. The predicted molar refractivity (Wildman–Crippen MR) is 122 cm³/mol. The Balaban J connectivity index is 2.20. The van der Waals surface area contributed by atoms with E-state index < -0.39 is 5.66 Å². The third-order valence-corrected chi connectivity index (χ3v) is 5.65. The molecule has 7 nitrogen and oxygen atoms in total. The molecule has 30 heavy (non-hydrogen) atoms. The van der Waals surface area contributed by atoms with Gasteiger partial charge in [-0.3, -0.25) is 9.98 Å². The van der Waals surface area contributed by atoms with Gasteiger partial charge >= 0.3 is 0 Å². The van der Waals surface area contributed by atoms with Crippen LogP contribution in [0.5, 0.6) is 11.5 Å². The van der Waals surface area contributed by atoms with Crippen molar-refractivity contribution < 1.29 is 10.2 Å². The Bertz CT molecular complexity index is 1300. The lowest BCUT2D eigenvalue weighted by atomic mass is 9.90. The summed E-state index contributed by atoms with van der Waals surface area (Å²) in [6.07, 6.45) is 1.55. The van der Waals surface area contributed by atoms with Gasteiger partial charge in [-0.1, -0.05) is 27.7 Å². The minimum absolute atomic E-state index is 0.0880. The van der Waals surface area contributed by atoms with E-state index in [2.05, 4.69) is 27.7 Å². The third-order valence-electron chi connectivity index (χ3n) is 5.65. The molecule has 1 heterocycles. The number of anilines is 3. The Kier molecular flexibility index (Phi) is 4.45. The molecule has 3 aromatic carbocycles. The average molecular weight is 408 g/mol. The van der Waals surface area contributed by atoms with Crippen LogP contribution in [0.1, 0.15) is 40.5 Å². The third kappa shape index (κ3) is 2.88. The van der Waals surface area contributed by atoms with Crippen LogP contribution < -0.4 is 27.9 Å². The van der Waals surface area contributed by atoms with Gasteiger partial charge in [-0.2, -0.15) is 0 Å². The summed E-state index contributed by atoms with van der Waals surface area (Å²) >= 11 is 0. The second-order valence-electron chi connectivity index (χ2n) is 9.18. The van der Waals surface area contributed by atoms with Crippen molar-refractivity contribution in [1.29, 1.82) is 0 Å². The minimum Gasteiger partial charge on any atom is -0.506 e. The van der Waals surface area contributed by atoms with Crippen LogP contribution in [0.2, 0.25) is 0 Å². The number of hydrogen-bond acceptors (Lipinski definition) is 7. The summed E-state index contributed by atoms with van der Waals surface area (Å²) in [5, 5.41) is 24.8. The zero-order valence-electron chi connectivity index (χ0n) is 17.8. The zero-order valence-corrected chi connectivity index (χ0v) is 17.8. The Labute approximate surface area is 174 Å². The van der Waals surface area contributed by atoms with Crippen molar-refractivity contribution in [3.05, 3.63) is 28.9 Å². The van der Waals surface area contributed by atoms with Crippen molar-refractivity contribution in [1.82, 2.24) is 0 Å². The molecule has 4 rings (SSSR count). The molecule has 0 aromatic heterocycles. The largest absolute Gasteiger partial charge is 0.506 e. The fourth-order valence-electron chi connectivity index (χ4n) is 4.79. The number of fused-ring (bicyclic) bond motifs is 4. The molecule has 0 fully saturated rings. The molecule has 0 spiro atoms. The maximum absolute atomic E-state index is 11.3. The molecule has 0 saturated carbocycles. The molecule has 0 aliphatic carbocycles. The highest BCUT2D eigenvalue weighted by Crippen LogP contribution is 2.47. The van der Waals surface area contributed by atoms with E-state index in [1.54, 1.807) is 18.2 Å². The standard InChI is InChI=1S/C23H29N5O2/c1-10(2)8-23(9-11(3)4)27-15-7-14(26)18-19(20(15)28-23)22(30)17-13(25)6-5-12(24)16(17)21(18)29/h5-7,10-11,29-30H,8-9,24-26H2,1-4H3. The fourth-order valence-corrected chi connectivity index (χ4v) is 4.79. The quantitative estimate of drug-likeness (QED) is 0.256. The predicted octanol–water partition coefficient (Wildman–Crippen LogP) is 3.19. The second-order valence-corrected chi connectivity index (χ2v) is 9.18. The summed E-state index contributed by atoms with van der Waals surface area (Å²) in [4.78, 5) is 10.00. The number of phenols is 2. The van der Waals surface area contributed by atoms with Crippen molar-refractivity contribution >= 4 is 38.6 Å². The van der Waals surface area contributed by atoms with Crippen molar-refractivity contribution in [2.45, 2.75) is 46.2 Å². The van der Waals surface area contributed by atoms with Gasteiger partial charge in [0.05, 0.1) is 32.3 Å². The highest BCUT2D eigenvalue weighted by atomic mass is 16.3. The number of rotatable bonds is 4. The summed E-state index contributed by atoms with van der Waals surface area (Å²) in [7, 11) is 0. The molecule has 0 bridgehead atoms. The first-order valence-corrected chi connectivity index (χ1v) is 10.3. The van der Waals surface area contributed by atoms with E-state index in [0.717, 1.165) is 12.8 Å². The molecule has 1 aliphatic rings. The van der Waals surface area contributed by atoms with E-state index in [1.807, 2.05) is 0 Å². The Hall–Kier alpha value is -3.22. The molecule has 0 amide bonds. The topological polar surface area (TPSA) is 143 Å². The number of benzene rings is 3. The summed E-state index contributed by atoms with van der Waals surface area (Å²) in [5.74, 6) is 0.568. The average Bonchev–Trinajstić information content (AvgIpc) is 2.95. The molecular weight excluding hydrogens is 378 g/mol. The van der Waals surface area contributed by atoms with Crippen LogP contribution >= 0.6 is 0 Å². The number of phenolic OH excluding ortho intramolecular Hbond substituents is 2. The summed E-state index contributed by atoms with van der Waals surface area (Å²) in [6.45, 7) is 8.57. The van der Waals surface area contributed by atoms with E-state index in [-0.39, 0.29) is 16.9 Å². The monoisotopic (exact) mass is 407 g/mol. The molecule has 158 valence electrons. The number of nitrogens with two attached hydrogens (primary N) is 3. The highest BCUT2D eigenvalue weighted by molar-refractivity contribution is 6.20. The van der Waals surface area contributed by atoms with Crippen molar-refractivity contribution in [3.63, 3.8) is 0 Å². The molecule has 7 heteroatoms. The molecule has 8 N–H and O–H groups in total. The van der Waals surface area contributed by atoms with Gasteiger partial charge in [0.15, 0.2) is 5.66 Å². The number of nitrogens with zero attached hydrogens (tertiary/aromatic N) is 2. The van der Waals surface area contributed by atoms with Gasteiger partial charge in [0.1, 0.15) is 11.5 Å². The van der Waals surface area contributed by atoms with Crippen LogP contribution in [-0.4, -0.2) is 15.9 Å². The van der Waals surface area contributed by atoms with Gasteiger partial charge in [0.2, 0.25) is 0 Å². The van der Waals surface area contributed by atoms with Crippen LogP contribution in [0, 0.1) is 11.8 Å². The van der Waals surface area contributed by atoms with Gasteiger partial charge in [-0.05, 0) is 42.9 Å². The number of nitrogen functional groups attached to an aromatic ring is 3. The van der Waals surface area contributed by atoms with E-state index in [4.69, 9.17) is 27.2 Å². The maximum Gasteiger partial charge on any atom is 0.152 e. The van der Waals surface area contributed by atoms with Gasteiger partial charge in [0.25, 0.3) is 0 Å². The van der Waals surface area contributed by atoms with Crippen LogP contribution in [0.25, 0.3) is 21.5 Å². The van der Waals surface area contributed by atoms with Crippen molar-refractivity contribution in [2.75, 3.05) is 17.2 Å². The van der Waals surface area contributed by atoms with Crippen LogP contribution in [0.3, 0.4) is 0 Å². The first kappa shape index (κ1) is 20.1. The Morgan fingerprint density at radius 1 is 0.767 bits per heavy atom. The first-order valence-electron chi connectivity index (χ1n) is 10.3. The molecule has 3 aromatic rings. The fraction of sp³-hybridized carbons (Fsp3) is 0.391. The molecule has 0 unspecified atom stereocenters. The Morgan fingerprint density at radius 3 is 1.73 bits per heavy atom. The highest BCUT2D eigenvalue weighted by Gasteiger charge is 2.34. The Morgan fingerprint density at radius 2 is 1.23 bits per heavy atom. The van der Waals surface area contributed by atoms with Gasteiger partial charge in [-0.25, -0.2) is 0 Å². The van der Waals surface area contributed by atoms with E-state index in [9.17, 15) is 10.2 Å². The molecule has 0 atom stereocenters. The zero-order chi connectivity index (χ0) is 22.0. The molecule has 0 radical (unpaired) electrons. The lowest BCUT2D eigenvalue weighted by Gasteiger charge is -2.27. The second kappa shape index (κ2) is 6.65.